The molecule has 0 fully saturated rings. The zero-order valence-electron chi connectivity index (χ0n) is 11.0. The molecular weight excluding hydrogens is 218 g/mol. The molecule has 0 aromatic carbocycles. The molecule has 1 aromatic rings. The van der Waals surface area contributed by atoms with Gasteiger partial charge in [0.2, 0.25) is 0 Å². The van der Waals surface area contributed by atoms with Crippen LogP contribution in [0.25, 0.3) is 0 Å². The minimum Gasteiger partial charge on any atom is -0.379 e. The molecule has 16 heavy (non-hydrogen) atoms. The summed E-state index contributed by atoms with van der Waals surface area (Å²) in [5.41, 5.74) is -0.0264. The number of aryl methyl sites for hydroxylation is 1. The molecule has 1 rings (SSSR count). The third-order valence-electron chi connectivity index (χ3n) is 3.04. The first-order valence-corrected chi connectivity index (χ1v) is 6.59. The molecular formula is C13H23NOS. The van der Waals surface area contributed by atoms with Crippen molar-refractivity contribution >= 4 is 11.3 Å². The fourth-order valence-corrected chi connectivity index (χ4v) is 2.69. The molecule has 0 bridgehead atoms. The lowest BCUT2D eigenvalue weighted by Gasteiger charge is -2.25. The zero-order valence-corrected chi connectivity index (χ0v) is 11.8. The Bertz CT molecular complexity index is 319. The van der Waals surface area contributed by atoms with Gasteiger partial charge in [0, 0.05) is 22.9 Å². The number of nitrogens with one attached hydrogen (secondary N) is 1. The molecule has 0 aliphatic carbocycles. The molecule has 0 saturated heterocycles. The van der Waals surface area contributed by atoms with Gasteiger partial charge < -0.3 is 10.1 Å². The maximum absolute atomic E-state index is 5.45. The summed E-state index contributed by atoms with van der Waals surface area (Å²) >= 11 is 1.88. The van der Waals surface area contributed by atoms with Gasteiger partial charge in [0.05, 0.1) is 5.60 Å². The summed E-state index contributed by atoms with van der Waals surface area (Å²) in [4.78, 5) is 2.80. The average molecular weight is 241 g/mol. The Kier molecular flexibility index (Phi) is 4.96. The zero-order chi connectivity index (χ0) is 12.2. The number of thiophene rings is 1. The highest BCUT2D eigenvalue weighted by atomic mass is 32.1. The van der Waals surface area contributed by atoms with Gasteiger partial charge in [-0.3, -0.25) is 0 Å². The van der Waals surface area contributed by atoms with E-state index < -0.39 is 0 Å². The van der Waals surface area contributed by atoms with Crippen molar-refractivity contribution in [3.05, 3.63) is 21.9 Å². The van der Waals surface area contributed by atoms with Crippen LogP contribution in [0, 0.1) is 6.92 Å². The van der Waals surface area contributed by atoms with Crippen molar-refractivity contribution in [1.82, 2.24) is 5.32 Å². The summed E-state index contributed by atoms with van der Waals surface area (Å²) in [6, 6.07) is 4.86. The molecule has 0 amide bonds. The van der Waals surface area contributed by atoms with Crippen molar-refractivity contribution in [3.8, 4) is 0 Å². The van der Waals surface area contributed by atoms with Gasteiger partial charge >= 0.3 is 0 Å². The van der Waals surface area contributed by atoms with Crippen LogP contribution in [-0.4, -0.2) is 19.8 Å². The summed E-state index contributed by atoms with van der Waals surface area (Å²) in [5.74, 6) is 0. The second kappa shape index (κ2) is 5.80. The van der Waals surface area contributed by atoms with Crippen LogP contribution in [0.1, 0.15) is 42.5 Å². The Hall–Kier alpha value is -0.380. The summed E-state index contributed by atoms with van der Waals surface area (Å²) in [5, 5.41) is 3.38. The van der Waals surface area contributed by atoms with Crippen LogP contribution in [0.2, 0.25) is 0 Å². The number of rotatable bonds is 6. The molecule has 0 spiro atoms. The van der Waals surface area contributed by atoms with Crippen LogP contribution in [0.15, 0.2) is 12.1 Å². The van der Waals surface area contributed by atoms with Gasteiger partial charge in [0.1, 0.15) is 0 Å². The minimum absolute atomic E-state index is 0.0264. The minimum atomic E-state index is -0.0264. The number of ether oxygens (including phenoxy) is 1. The maximum Gasteiger partial charge on any atom is 0.0623 e. The molecule has 0 aliphatic rings. The van der Waals surface area contributed by atoms with Gasteiger partial charge in [-0.05, 0) is 52.8 Å². The van der Waals surface area contributed by atoms with Crippen molar-refractivity contribution in [3.63, 3.8) is 0 Å². The summed E-state index contributed by atoms with van der Waals surface area (Å²) in [6.45, 7) is 6.43. The van der Waals surface area contributed by atoms with Crippen LogP contribution in [0.5, 0.6) is 0 Å². The lowest BCUT2D eigenvalue weighted by atomic mass is 9.98. The van der Waals surface area contributed by atoms with Gasteiger partial charge in [-0.25, -0.2) is 0 Å². The Labute approximate surface area is 103 Å². The van der Waals surface area contributed by atoms with E-state index in [9.17, 15) is 0 Å². The average Bonchev–Trinajstić information content (AvgIpc) is 2.66. The predicted octanol–water partition coefficient (Wildman–Crippen LogP) is 3.52. The first kappa shape index (κ1) is 13.7. The molecule has 0 saturated carbocycles. The van der Waals surface area contributed by atoms with E-state index in [1.54, 1.807) is 7.11 Å². The maximum atomic E-state index is 5.45. The first-order valence-electron chi connectivity index (χ1n) is 5.77. The van der Waals surface area contributed by atoms with E-state index >= 15 is 0 Å². The van der Waals surface area contributed by atoms with Gasteiger partial charge in [-0.1, -0.05) is 0 Å². The van der Waals surface area contributed by atoms with E-state index in [0.717, 1.165) is 12.8 Å². The van der Waals surface area contributed by atoms with Crippen LogP contribution in [0.4, 0.5) is 0 Å². The second-order valence-corrected chi connectivity index (χ2v) is 6.11. The van der Waals surface area contributed by atoms with Crippen molar-refractivity contribution < 1.29 is 4.74 Å². The molecule has 1 unspecified atom stereocenters. The molecule has 92 valence electrons. The Morgan fingerprint density at radius 2 is 2.12 bits per heavy atom. The molecule has 1 heterocycles. The van der Waals surface area contributed by atoms with Gasteiger partial charge in [0.15, 0.2) is 0 Å². The Morgan fingerprint density at radius 1 is 1.44 bits per heavy atom. The van der Waals surface area contributed by atoms with E-state index in [0.29, 0.717) is 6.04 Å². The molecule has 3 heteroatoms. The van der Waals surface area contributed by atoms with E-state index in [2.05, 4.69) is 38.2 Å². The number of hydrogen-bond acceptors (Lipinski definition) is 3. The van der Waals surface area contributed by atoms with Crippen molar-refractivity contribution in [2.75, 3.05) is 14.2 Å². The van der Waals surface area contributed by atoms with Gasteiger partial charge in [-0.15, -0.1) is 11.3 Å². The Balaban J connectivity index is 2.56. The largest absolute Gasteiger partial charge is 0.379 e. The fraction of sp³-hybridized carbons (Fsp3) is 0.692. The Morgan fingerprint density at radius 3 is 2.56 bits per heavy atom. The lowest BCUT2D eigenvalue weighted by Crippen LogP contribution is -2.25. The van der Waals surface area contributed by atoms with E-state index in [-0.39, 0.29) is 5.60 Å². The van der Waals surface area contributed by atoms with Crippen molar-refractivity contribution in [1.29, 1.82) is 0 Å². The van der Waals surface area contributed by atoms with Crippen molar-refractivity contribution in [2.24, 2.45) is 0 Å². The third-order valence-corrected chi connectivity index (χ3v) is 4.16. The highest BCUT2D eigenvalue weighted by Gasteiger charge is 2.20. The second-order valence-electron chi connectivity index (χ2n) is 4.79. The SMILES string of the molecule is CNC(CCC(C)(C)OC)c1ccc(C)s1. The third kappa shape index (κ3) is 3.89. The van der Waals surface area contributed by atoms with Crippen molar-refractivity contribution in [2.45, 2.75) is 45.3 Å². The topological polar surface area (TPSA) is 21.3 Å². The normalized spacial score (nSPS) is 14.1. The molecule has 0 radical (unpaired) electrons. The van der Waals surface area contributed by atoms with E-state index in [4.69, 9.17) is 4.74 Å². The molecule has 2 nitrogen and oxygen atoms in total. The smallest absolute Gasteiger partial charge is 0.0623 e. The number of methoxy groups -OCH3 is 1. The first-order chi connectivity index (χ1) is 7.48. The highest BCUT2D eigenvalue weighted by Crippen LogP contribution is 2.28. The molecule has 0 aliphatic heterocycles. The monoisotopic (exact) mass is 241 g/mol. The number of hydrogen-bond donors (Lipinski definition) is 1. The molecule has 1 aromatic heterocycles. The quantitative estimate of drug-likeness (QED) is 0.822. The molecule has 1 atom stereocenters. The lowest BCUT2D eigenvalue weighted by molar-refractivity contribution is 0.0119. The van der Waals surface area contributed by atoms with E-state index in [1.807, 2.05) is 18.4 Å². The van der Waals surface area contributed by atoms with E-state index in [1.165, 1.54) is 9.75 Å². The fourth-order valence-electron chi connectivity index (χ4n) is 1.66. The van der Waals surface area contributed by atoms with Crippen LogP contribution in [-0.2, 0) is 4.74 Å². The van der Waals surface area contributed by atoms with Crippen LogP contribution in [0.3, 0.4) is 0 Å². The van der Waals surface area contributed by atoms with Gasteiger partial charge in [0.25, 0.3) is 0 Å². The van der Waals surface area contributed by atoms with Crippen LogP contribution < -0.4 is 5.32 Å². The summed E-state index contributed by atoms with van der Waals surface area (Å²) < 4.78 is 5.45. The van der Waals surface area contributed by atoms with Crippen LogP contribution >= 0.6 is 11.3 Å². The highest BCUT2D eigenvalue weighted by molar-refractivity contribution is 7.12. The predicted molar refractivity (Wildman–Crippen MR) is 71.2 cm³/mol. The molecule has 1 N–H and O–H groups in total. The standard InChI is InChI=1S/C13H23NOS/c1-10-6-7-12(16-10)11(14-4)8-9-13(2,3)15-5/h6-7,11,14H,8-9H2,1-5H3. The van der Waals surface area contributed by atoms with Gasteiger partial charge in [-0.2, -0.15) is 0 Å². The summed E-state index contributed by atoms with van der Waals surface area (Å²) in [7, 11) is 3.81. The summed E-state index contributed by atoms with van der Waals surface area (Å²) in [6.07, 6.45) is 2.17.